The number of fused-ring (bicyclic) bond motifs is 1. The summed E-state index contributed by atoms with van der Waals surface area (Å²) in [6, 6.07) is 3.57. The third-order valence-electron chi connectivity index (χ3n) is 4.02. The molecule has 1 aliphatic heterocycles. The Balaban J connectivity index is 1.68. The fourth-order valence-electron chi connectivity index (χ4n) is 2.77. The molecule has 0 bridgehead atoms. The molecule has 1 unspecified atom stereocenters. The fraction of sp³-hybridized carbons (Fsp3) is 0.467. The zero-order valence-corrected chi connectivity index (χ0v) is 12.9. The molecule has 2 aromatic heterocycles. The molecule has 2 N–H and O–H groups in total. The molecule has 130 valence electrons. The number of halogens is 3. The van der Waals surface area contributed by atoms with Crippen molar-refractivity contribution in [2.24, 2.45) is 0 Å². The second kappa shape index (κ2) is 6.78. The maximum Gasteiger partial charge on any atom is 0.405 e. The number of imidazole rings is 1. The predicted octanol–water partition coefficient (Wildman–Crippen LogP) is 0.900. The summed E-state index contributed by atoms with van der Waals surface area (Å²) in [6.07, 6.45) is -1.18. The lowest BCUT2D eigenvalue weighted by molar-refractivity contribution is -0.183. The van der Waals surface area contributed by atoms with E-state index in [0.29, 0.717) is 31.8 Å². The number of piperazine rings is 1. The number of carbonyl (C=O) groups excluding carboxylic acids is 1. The average Bonchev–Trinajstić information content (AvgIpc) is 2.99. The van der Waals surface area contributed by atoms with Gasteiger partial charge in [-0.15, -0.1) is 0 Å². The zero-order valence-electron chi connectivity index (χ0n) is 12.9. The van der Waals surface area contributed by atoms with Crippen molar-refractivity contribution in [2.45, 2.75) is 12.2 Å². The van der Waals surface area contributed by atoms with Gasteiger partial charge in [-0.1, -0.05) is 6.07 Å². The number of hydrogen-bond donors (Lipinski definition) is 2. The number of alkyl halides is 3. The van der Waals surface area contributed by atoms with Crippen LogP contribution in [0.4, 0.5) is 13.2 Å². The number of nitrogens with zero attached hydrogens (tertiary/aromatic N) is 3. The largest absolute Gasteiger partial charge is 0.405 e. The van der Waals surface area contributed by atoms with Crippen molar-refractivity contribution >= 4 is 11.6 Å². The van der Waals surface area contributed by atoms with Crippen molar-refractivity contribution < 1.29 is 18.0 Å². The SMILES string of the molecule is O=C(NCC(N1CCNCC1)C(F)(F)F)c1cn2ccccc2n1. The molecule has 0 aromatic carbocycles. The van der Waals surface area contributed by atoms with Gasteiger partial charge in [-0.25, -0.2) is 4.98 Å². The molecule has 24 heavy (non-hydrogen) atoms. The molecular formula is C15H18F3N5O. The highest BCUT2D eigenvalue weighted by atomic mass is 19.4. The van der Waals surface area contributed by atoms with Gasteiger partial charge in [-0.2, -0.15) is 13.2 Å². The highest BCUT2D eigenvalue weighted by molar-refractivity contribution is 5.92. The molecule has 3 heterocycles. The number of rotatable bonds is 4. The maximum absolute atomic E-state index is 13.3. The number of hydrogen-bond acceptors (Lipinski definition) is 4. The third kappa shape index (κ3) is 3.68. The van der Waals surface area contributed by atoms with Gasteiger partial charge in [0.2, 0.25) is 0 Å². The molecule has 9 heteroatoms. The Morgan fingerprint density at radius 3 is 2.75 bits per heavy atom. The summed E-state index contributed by atoms with van der Waals surface area (Å²) in [5.74, 6) is -0.608. The van der Waals surface area contributed by atoms with Crippen molar-refractivity contribution in [3.63, 3.8) is 0 Å². The number of pyridine rings is 1. The molecular weight excluding hydrogens is 323 g/mol. The fourth-order valence-corrected chi connectivity index (χ4v) is 2.77. The van der Waals surface area contributed by atoms with E-state index in [9.17, 15) is 18.0 Å². The Kier molecular flexibility index (Phi) is 4.72. The molecule has 0 saturated carbocycles. The van der Waals surface area contributed by atoms with E-state index >= 15 is 0 Å². The predicted molar refractivity (Wildman–Crippen MR) is 81.8 cm³/mol. The minimum Gasteiger partial charge on any atom is -0.349 e. The van der Waals surface area contributed by atoms with Crippen molar-refractivity contribution in [3.05, 3.63) is 36.3 Å². The van der Waals surface area contributed by atoms with Gasteiger partial charge in [0, 0.05) is 45.1 Å². The van der Waals surface area contributed by atoms with Crippen LogP contribution in [0.2, 0.25) is 0 Å². The first kappa shape index (κ1) is 16.7. The molecule has 1 aliphatic rings. The maximum atomic E-state index is 13.3. The summed E-state index contributed by atoms with van der Waals surface area (Å²) in [5, 5.41) is 5.38. The van der Waals surface area contributed by atoms with Crippen molar-refractivity contribution in [1.29, 1.82) is 0 Å². The smallest absolute Gasteiger partial charge is 0.349 e. The first-order chi connectivity index (χ1) is 11.4. The molecule has 0 radical (unpaired) electrons. The van der Waals surface area contributed by atoms with E-state index in [-0.39, 0.29) is 5.69 Å². The van der Waals surface area contributed by atoms with Gasteiger partial charge in [-0.05, 0) is 12.1 Å². The van der Waals surface area contributed by atoms with E-state index in [1.165, 1.54) is 11.1 Å². The second-order valence-corrected chi connectivity index (χ2v) is 5.65. The Bertz CT molecular complexity index is 675. The standard InChI is InChI=1S/C15H18F3N5O/c16-15(17,18)12(22-7-4-19-5-8-22)9-20-14(24)11-10-23-6-2-1-3-13(23)21-11/h1-3,6,10,12,19H,4-5,7-9H2,(H,20,24). The van der Waals surface area contributed by atoms with E-state index in [4.69, 9.17) is 0 Å². The van der Waals surface area contributed by atoms with Crippen LogP contribution in [-0.2, 0) is 0 Å². The van der Waals surface area contributed by atoms with Gasteiger partial charge in [0.25, 0.3) is 5.91 Å². The topological polar surface area (TPSA) is 61.7 Å². The minimum absolute atomic E-state index is 0.0995. The van der Waals surface area contributed by atoms with Crippen LogP contribution in [0.25, 0.3) is 5.65 Å². The molecule has 3 rings (SSSR count). The molecule has 1 fully saturated rings. The lowest BCUT2D eigenvalue weighted by Crippen LogP contribution is -2.57. The van der Waals surface area contributed by atoms with Crippen LogP contribution in [-0.4, -0.2) is 65.1 Å². The summed E-state index contributed by atoms with van der Waals surface area (Å²) >= 11 is 0. The van der Waals surface area contributed by atoms with Crippen LogP contribution in [0, 0.1) is 0 Å². The first-order valence-electron chi connectivity index (χ1n) is 7.68. The molecule has 0 spiro atoms. The summed E-state index contributed by atoms with van der Waals surface area (Å²) in [4.78, 5) is 17.6. The van der Waals surface area contributed by atoms with Gasteiger partial charge >= 0.3 is 6.18 Å². The summed E-state index contributed by atoms with van der Waals surface area (Å²) in [6.45, 7) is 1.12. The van der Waals surface area contributed by atoms with E-state index in [1.54, 1.807) is 28.8 Å². The molecule has 2 aromatic rings. The number of amides is 1. The monoisotopic (exact) mass is 341 g/mol. The Labute approximate surface area is 136 Å². The Hall–Kier alpha value is -2.13. The number of carbonyl (C=O) groups is 1. The van der Waals surface area contributed by atoms with Crippen LogP contribution in [0.15, 0.2) is 30.6 Å². The van der Waals surface area contributed by atoms with E-state index in [2.05, 4.69) is 15.6 Å². The van der Waals surface area contributed by atoms with Crippen molar-refractivity contribution in [1.82, 2.24) is 24.9 Å². The van der Waals surface area contributed by atoms with Crippen molar-refractivity contribution in [3.8, 4) is 0 Å². The third-order valence-corrected chi connectivity index (χ3v) is 4.02. The van der Waals surface area contributed by atoms with Crippen LogP contribution in [0.5, 0.6) is 0 Å². The van der Waals surface area contributed by atoms with Crippen LogP contribution < -0.4 is 10.6 Å². The number of aromatic nitrogens is 2. The lowest BCUT2D eigenvalue weighted by Gasteiger charge is -2.35. The minimum atomic E-state index is -4.40. The normalized spacial score (nSPS) is 17.8. The molecule has 1 saturated heterocycles. The highest BCUT2D eigenvalue weighted by Gasteiger charge is 2.43. The van der Waals surface area contributed by atoms with Crippen LogP contribution in [0.1, 0.15) is 10.5 Å². The van der Waals surface area contributed by atoms with Gasteiger partial charge in [0.15, 0.2) is 0 Å². The summed E-state index contributed by atoms with van der Waals surface area (Å²) in [5.41, 5.74) is 0.666. The number of nitrogens with one attached hydrogen (secondary N) is 2. The van der Waals surface area contributed by atoms with E-state index < -0.39 is 24.7 Å². The molecule has 1 amide bonds. The lowest BCUT2D eigenvalue weighted by atomic mass is 10.2. The van der Waals surface area contributed by atoms with E-state index in [0.717, 1.165) is 0 Å². The van der Waals surface area contributed by atoms with Gasteiger partial charge in [0.05, 0.1) is 0 Å². The van der Waals surface area contributed by atoms with E-state index in [1.807, 2.05) is 0 Å². The molecule has 1 atom stereocenters. The summed E-state index contributed by atoms with van der Waals surface area (Å²) in [7, 11) is 0. The highest BCUT2D eigenvalue weighted by Crippen LogP contribution is 2.24. The average molecular weight is 341 g/mol. The first-order valence-corrected chi connectivity index (χ1v) is 7.68. The molecule has 6 nitrogen and oxygen atoms in total. The quantitative estimate of drug-likeness (QED) is 0.868. The van der Waals surface area contributed by atoms with Crippen LogP contribution >= 0.6 is 0 Å². The van der Waals surface area contributed by atoms with Gasteiger partial charge < -0.3 is 15.0 Å². The Morgan fingerprint density at radius 2 is 2.08 bits per heavy atom. The summed E-state index contributed by atoms with van der Waals surface area (Å²) < 4.78 is 41.5. The Morgan fingerprint density at radius 1 is 1.33 bits per heavy atom. The van der Waals surface area contributed by atoms with Gasteiger partial charge in [-0.3, -0.25) is 9.69 Å². The van der Waals surface area contributed by atoms with Crippen LogP contribution in [0.3, 0.4) is 0 Å². The van der Waals surface area contributed by atoms with Crippen molar-refractivity contribution in [2.75, 3.05) is 32.7 Å². The second-order valence-electron chi connectivity index (χ2n) is 5.65. The van der Waals surface area contributed by atoms with Gasteiger partial charge in [0.1, 0.15) is 17.4 Å². The molecule has 0 aliphatic carbocycles. The zero-order chi connectivity index (χ0) is 17.2.